The van der Waals surface area contributed by atoms with Gasteiger partial charge in [0.2, 0.25) is 11.8 Å². The van der Waals surface area contributed by atoms with Crippen LogP contribution in [0.4, 0.5) is 4.39 Å². The quantitative estimate of drug-likeness (QED) is 0.834. The van der Waals surface area contributed by atoms with Crippen LogP contribution in [0, 0.1) is 5.82 Å². The molecule has 1 N–H and O–H groups in total. The molecule has 3 aliphatic rings. The molecule has 1 aromatic carbocycles. The molecule has 4 rings (SSSR count). The van der Waals surface area contributed by atoms with Gasteiger partial charge < -0.3 is 15.1 Å². The standard InChI is InChI=1S/C21H28FN3O2.ClH/c22-17-6-3-5-16(13-17)21(8-1-2-9-21)20(27)24-11-4-7-18(15-24)25-12-10-23-14-19(25)26;/h3,5-6,13,18,23H,1-2,4,7-12,14-15H2;1H. The predicted molar refractivity (Wildman–Crippen MR) is 108 cm³/mol. The Hall–Kier alpha value is -1.66. The Kier molecular flexibility index (Phi) is 6.61. The molecule has 1 aromatic rings. The number of halogens is 2. The maximum atomic E-state index is 13.9. The van der Waals surface area contributed by atoms with Gasteiger partial charge in [-0.3, -0.25) is 9.59 Å². The van der Waals surface area contributed by atoms with E-state index in [9.17, 15) is 14.0 Å². The summed E-state index contributed by atoms with van der Waals surface area (Å²) in [5, 5.41) is 3.11. The van der Waals surface area contributed by atoms with E-state index in [-0.39, 0.29) is 36.1 Å². The van der Waals surface area contributed by atoms with Crippen molar-refractivity contribution in [3.63, 3.8) is 0 Å². The van der Waals surface area contributed by atoms with Crippen molar-refractivity contribution in [2.75, 3.05) is 32.7 Å². The Morgan fingerprint density at radius 3 is 2.68 bits per heavy atom. The molecule has 2 heterocycles. The monoisotopic (exact) mass is 409 g/mol. The van der Waals surface area contributed by atoms with E-state index in [2.05, 4.69) is 5.32 Å². The predicted octanol–water partition coefficient (Wildman–Crippen LogP) is 2.48. The topological polar surface area (TPSA) is 52.7 Å². The van der Waals surface area contributed by atoms with E-state index >= 15 is 0 Å². The van der Waals surface area contributed by atoms with E-state index in [0.717, 1.165) is 57.2 Å². The molecule has 7 heteroatoms. The van der Waals surface area contributed by atoms with Crippen molar-refractivity contribution in [1.82, 2.24) is 15.1 Å². The van der Waals surface area contributed by atoms with Crippen LogP contribution in [-0.4, -0.2) is 60.4 Å². The molecule has 3 fully saturated rings. The van der Waals surface area contributed by atoms with Crippen LogP contribution in [0.5, 0.6) is 0 Å². The minimum absolute atomic E-state index is 0. The molecule has 0 spiro atoms. The fourth-order valence-corrected chi connectivity index (χ4v) is 5.09. The summed E-state index contributed by atoms with van der Waals surface area (Å²) in [6.45, 7) is 3.23. The van der Waals surface area contributed by atoms with Crippen molar-refractivity contribution in [1.29, 1.82) is 0 Å². The van der Waals surface area contributed by atoms with Crippen molar-refractivity contribution in [2.45, 2.75) is 50.0 Å². The van der Waals surface area contributed by atoms with Gasteiger partial charge in [0.15, 0.2) is 0 Å². The molecule has 2 amide bonds. The van der Waals surface area contributed by atoms with Gasteiger partial charge in [0.25, 0.3) is 0 Å². The molecule has 1 aliphatic carbocycles. The minimum atomic E-state index is -0.600. The maximum absolute atomic E-state index is 13.9. The summed E-state index contributed by atoms with van der Waals surface area (Å²) in [5.41, 5.74) is 0.211. The summed E-state index contributed by atoms with van der Waals surface area (Å²) in [7, 11) is 0. The van der Waals surface area contributed by atoms with Crippen molar-refractivity contribution >= 4 is 24.2 Å². The molecule has 28 heavy (non-hydrogen) atoms. The van der Waals surface area contributed by atoms with Gasteiger partial charge in [-0.2, -0.15) is 0 Å². The highest BCUT2D eigenvalue weighted by molar-refractivity contribution is 5.89. The zero-order valence-corrected chi connectivity index (χ0v) is 17.0. The number of rotatable bonds is 3. The second kappa shape index (κ2) is 8.78. The molecule has 2 saturated heterocycles. The summed E-state index contributed by atoms with van der Waals surface area (Å²) in [4.78, 5) is 29.8. The van der Waals surface area contributed by atoms with Gasteiger partial charge in [-0.05, 0) is 43.4 Å². The number of hydrogen-bond acceptors (Lipinski definition) is 3. The van der Waals surface area contributed by atoms with Crippen LogP contribution >= 0.6 is 12.4 Å². The summed E-state index contributed by atoms with van der Waals surface area (Å²) < 4.78 is 13.9. The molecule has 5 nitrogen and oxygen atoms in total. The summed E-state index contributed by atoms with van der Waals surface area (Å²) in [6.07, 6.45) is 5.41. The smallest absolute Gasteiger partial charge is 0.236 e. The highest BCUT2D eigenvalue weighted by atomic mass is 35.5. The second-order valence-electron chi connectivity index (χ2n) is 8.11. The largest absolute Gasteiger partial charge is 0.340 e. The Labute approximate surface area is 172 Å². The average molecular weight is 410 g/mol. The van der Waals surface area contributed by atoms with Crippen molar-refractivity contribution in [3.8, 4) is 0 Å². The summed E-state index contributed by atoms with van der Waals surface area (Å²) in [6, 6.07) is 6.67. The van der Waals surface area contributed by atoms with E-state index in [1.54, 1.807) is 6.07 Å². The Morgan fingerprint density at radius 1 is 1.18 bits per heavy atom. The third kappa shape index (κ3) is 3.90. The number of likely N-dealkylation sites (tertiary alicyclic amines) is 1. The summed E-state index contributed by atoms with van der Waals surface area (Å²) >= 11 is 0. The lowest BCUT2D eigenvalue weighted by Crippen LogP contribution is -2.59. The van der Waals surface area contributed by atoms with E-state index < -0.39 is 5.41 Å². The number of carbonyl (C=O) groups excluding carboxylic acids is 2. The number of carbonyl (C=O) groups is 2. The molecule has 1 unspecified atom stereocenters. The summed E-state index contributed by atoms with van der Waals surface area (Å²) in [5.74, 6) is -0.0337. The van der Waals surface area contributed by atoms with Gasteiger partial charge >= 0.3 is 0 Å². The lowest BCUT2D eigenvalue weighted by Gasteiger charge is -2.43. The molecule has 1 atom stereocenters. The van der Waals surface area contributed by atoms with Crippen LogP contribution in [0.2, 0.25) is 0 Å². The molecule has 0 radical (unpaired) electrons. The first-order valence-electron chi connectivity index (χ1n) is 10.2. The Balaban J connectivity index is 0.00000225. The van der Waals surface area contributed by atoms with Gasteiger partial charge in [0.1, 0.15) is 5.82 Å². The molecular weight excluding hydrogens is 381 g/mol. The molecule has 1 saturated carbocycles. The second-order valence-corrected chi connectivity index (χ2v) is 8.11. The molecule has 2 aliphatic heterocycles. The lowest BCUT2D eigenvalue weighted by atomic mass is 9.77. The lowest BCUT2D eigenvalue weighted by molar-refractivity contribution is -0.143. The van der Waals surface area contributed by atoms with E-state index in [1.165, 1.54) is 12.1 Å². The number of amides is 2. The zero-order valence-electron chi connectivity index (χ0n) is 16.2. The van der Waals surface area contributed by atoms with Crippen molar-refractivity contribution < 1.29 is 14.0 Å². The SMILES string of the molecule is Cl.O=C1CNCCN1C1CCCN(C(=O)C2(c3cccc(F)c3)CCCC2)C1. The fraction of sp³-hybridized carbons (Fsp3) is 0.619. The first-order valence-corrected chi connectivity index (χ1v) is 10.2. The molecule has 154 valence electrons. The van der Waals surface area contributed by atoms with E-state index in [4.69, 9.17) is 0 Å². The van der Waals surface area contributed by atoms with Gasteiger partial charge in [0.05, 0.1) is 12.0 Å². The number of piperazine rings is 1. The normalized spacial score (nSPS) is 24.8. The first kappa shape index (κ1) is 21.1. The van der Waals surface area contributed by atoms with Crippen LogP contribution in [0.25, 0.3) is 0 Å². The van der Waals surface area contributed by atoms with Gasteiger partial charge in [0, 0.05) is 32.2 Å². The molecule has 0 bridgehead atoms. The highest BCUT2D eigenvalue weighted by Crippen LogP contribution is 2.43. The fourth-order valence-electron chi connectivity index (χ4n) is 5.09. The third-order valence-corrected chi connectivity index (χ3v) is 6.49. The maximum Gasteiger partial charge on any atom is 0.236 e. The number of nitrogens with one attached hydrogen (secondary N) is 1. The third-order valence-electron chi connectivity index (χ3n) is 6.49. The van der Waals surface area contributed by atoms with Gasteiger partial charge in [-0.1, -0.05) is 25.0 Å². The average Bonchev–Trinajstić information content (AvgIpc) is 3.19. The first-order chi connectivity index (χ1) is 13.1. The Bertz CT molecular complexity index is 723. The number of piperidine rings is 1. The Morgan fingerprint density at radius 2 is 1.96 bits per heavy atom. The molecule has 0 aromatic heterocycles. The zero-order chi connectivity index (χ0) is 18.9. The van der Waals surface area contributed by atoms with Crippen molar-refractivity contribution in [3.05, 3.63) is 35.6 Å². The number of benzene rings is 1. The molecular formula is C21H29ClFN3O2. The van der Waals surface area contributed by atoms with Crippen LogP contribution in [-0.2, 0) is 15.0 Å². The highest BCUT2D eigenvalue weighted by Gasteiger charge is 2.46. The van der Waals surface area contributed by atoms with E-state index in [0.29, 0.717) is 19.6 Å². The van der Waals surface area contributed by atoms with Crippen molar-refractivity contribution in [2.24, 2.45) is 0 Å². The van der Waals surface area contributed by atoms with Crippen LogP contribution < -0.4 is 5.32 Å². The van der Waals surface area contributed by atoms with Crippen LogP contribution in [0.1, 0.15) is 44.1 Å². The van der Waals surface area contributed by atoms with E-state index in [1.807, 2.05) is 15.9 Å². The number of hydrogen-bond donors (Lipinski definition) is 1. The van der Waals surface area contributed by atoms with Gasteiger partial charge in [-0.15, -0.1) is 12.4 Å². The van der Waals surface area contributed by atoms with Crippen LogP contribution in [0.15, 0.2) is 24.3 Å². The minimum Gasteiger partial charge on any atom is -0.340 e. The van der Waals surface area contributed by atoms with Crippen LogP contribution in [0.3, 0.4) is 0 Å². The van der Waals surface area contributed by atoms with Gasteiger partial charge in [-0.25, -0.2) is 4.39 Å². The number of nitrogens with zero attached hydrogens (tertiary/aromatic N) is 2.